The average molecular weight is 253 g/mol. The van der Waals surface area contributed by atoms with Crippen LogP contribution in [0, 0.1) is 0 Å². The number of rotatable bonds is 6. The van der Waals surface area contributed by atoms with E-state index in [0.717, 1.165) is 31.5 Å². The van der Waals surface area contributed by atoms with Crippen LogP contribution in [0.4, 0.5) is 5.69 Å². The Morgan fingerprint density at radius 1 is 1.17 bits per heavy atom. The number of nitrogen functional groups attached to an aromatic ring is 1. The van der Waals surface area contributed by atoms with Gasteiger partial charge in [-0.3, -0.25) is 9.48 Å². The normalized spacial score (nSPS) is 11.7. The van der Waals surface area contributed by atoms with Gasteiger partial charge in [-0.25, -0.2) is 4.68 Å². The van der Waals surface area contributed by atoms with Crippen LogP contribution in [-0.4, -0.2) is 9.36 Å². The Bertz CT molecular complexity index is 439. The molecule has 0 aromatic carbocycles. The van der Waals surface area contributed by atoms with Crippen molar-refractivity contribution < 1.29 is 0 Å². The molecule has 0 spiro atoms. The lowest BCUT2D eigenvalue weighted by Crippen LogP contribution is -2.28. The molecular weight excluding hydrogens is 226 g/mol. The summed E-state index contributed by atoms with van der Waals surface area (Å²) in [6.45, 7) is 11.4. The molecule has 0 amide bonds. The van der Waals surface area contributed by atoms with E-state index >= 15 is 0 Å². The van der Waals surface area contributed by atoms with Gasteiger partial charge in [-0.15, -0.1) is 0 Å². The predicted molar refractivity (Wildman–Crippen MR) is 77.1 cm³/mol. The molecule has 0 saturated carbocycles. The number of anilines is 1. The number of aromatic nitrogens is 2. The van der Waals surface area contributed by atoms with E-state index in [0.29, 0.717) is 5.69 Å². The van der Waals surface area contributed by atoms with Gasteiger partial charge < -0.3 is 5.73 Å². The molecule has 0 radical (unpaired) electrons. The standard InChI is InChI=1S/C14H27N3O/c1-6-9-16-13(10(4)5)12(15)14(18)17(16)11(7-2)8-3/h10-11H,6-9,15H2,1-5H3. The monoisotopic (exact) mass is 253 g/mol. The molecule has 0 aliphatic rings. The Morgan fingerprint density at radius 2 is 1.72 bits per heavy atom. The summed E-state index contributed by atoms with van der Waals surface area (Å²) in [5.74, 6) is 0.278. The minimum absolute atomic E-state index is 0.0131. The Balaban J connectivity index is 3.49. The Labute approximate surface area is 110 Å². The summed E-state index contributed by atoms with van der Waals surface area (Å²) in [7, 11) is 0. The molecule has 0 fully saturated rings. The van der Waals surface area contributed by atoms with Gasteiger partial charge in [0.15, 0.2) is 0 Å². The highest BCUT2D eigenvalue weighted by Crippen LogP contribution is 2.24. The lowest BCUT2D eigenvalue weighted by molar-refractivity contribution is 0.332. The van der Waals surface area contributed by atoms with Crippen LogP contribution in [-0.2, 0) is 6.54 Å². The van der Waals surface area contributed by atoms with Gasteiger partial charge in [0.1, 0.15) is 5.69 Å². The first kappa shape index (κ1) is 14.9. The Morgan fingerprint density at radius 3 is 2.11 bits per heavy atom. The molecule has 4 heteroatoms. The molecule has 1 rings (SSSR count). The number of nitrogens with two attached hydrogens (primary N) is 1. The van der Waals surface area contributed by atoms with Crippen LogP contribution in [0.2, 0.25) is 0 Å². The van der Waals surface area contributed by atoms with Crippen LogP contribution in [0.3, 0.4) is 0 Å². The first-order valence-electron chi connectivity index (χ1n) is 7.10. The smallest absolute Gasteiger partial charge is 0.290 e. The van der Waals surface area contributed by atoms with Gasteiger partial charge in [0.25, 0.3) is 5.56 Å². The zero-order chi connectivity index (χ0) is 13.9. The van der Waals surface area contributed by atoms with Gasteiger partial charge in [0.05, 0.1) is 11.7 Å². The van der Waals surface area contributed by atoms with Crippen molar-refractivity contribution in [3.8, 4) is 0 Å². The van der Waals surface area contributed by atoms with Crippen LogP contribution < -0.4 is 11.3 Å². The molecule has 1 aromatic rings. The average Bonchev–Trinajstić information content (AvgIpc) is 2.56. The summed E-state index contributed by atoms with van der Waals surface area (Å²) in [6, 6.07) is 0.249. The maximum Gasteiger partial charge on any atom is 0.290 e. The molecule has 0 unspecified atom stereocenters. The van der Waals surface area contributed by atoms with E-state index in [-0.39, 0.29) is 17.5 Å². The van der Waals surface area contributed by atoms with E-state index in [1.54, 1.807) is 0 Å². The Kier molecular flexibility index (Phi) is 5.05. The van der Waals surface area contributed by atoms with Gasteiger partial charge in [-0.2, -0.15) is 0 Å². The molecule has 4 nitrogen and oxygen atoms in total. The quantitative estimate of drug-likeness (QED) is 0.846. The first-order chi connectivity index (χ1) is 8.49. The van der Waals surface area contributed by atoms with Crippen LogP contribution in [0.15, 0.2) is 4.79 Å². The second kappa shape index (κ2) is 6.12. The van der Waals surface area contributed by atoms with E-state index in [9.17, 15) is 4.79 Å². The van der Waals surface area contributed by atoms with Crippen molar-refractivity contribution in [2.75, 3.05) is 5.73 Å². The van der Waals surface area contributed by atoms with Gasteiger partial charge in [-0.05, 0) is 25.2 Å². The lowest BCUT2D eigenvalue weighted by atomic mass is 10.1. The minimum Gasteiger partial charge on any atom is -0.393 e. The van der Waals surface area contributed by atoms with E-state index in [4.69, 9.17) is 5.73 Å². The number of hydrogen-bond acceptors (Lipinski definition) is 2. The van der Waals surface area contributed by atoms with Crippen LogP contribution in [0.25, 0.3) is 0 Å². The van der Waals surface area contributed by atoms with Crippen molar-refractivity contribution in [2.24, 2.45) is 0 Å². The minimum atomic E-state index is -0.0131. The molecule has 2 N–H and O–H groups in total. The molecule has 0 atom stereocenters. The second-order valence-corrected chi connectivity index (χ2v) is 5.20. The second-order valence-electron chi connectivity index (χ2n) is 5.20. The number of nitrogens with zero attached hydrogens (tertiary/aromatic N) is 2. The molecule has 0 aliphatic heterocycles. The number of hydrogen-bond donors (Lipinski definition) is 1. The molecule has 1 aromatic heterocycles. The third-order valence-electron chi connectivity index (χ3n) is 3.52. The van der Waals surface area contributed by atoms with E-state index < -0.39 is 0 Å². The highest BCUT2D eigenvalue weighted by atomic mass is 16.1. The van der Waals surface area contributed by atoms with Crippen molar-refractivity contribution in [1.29, 1.82) is 0 Å². The largest absolute Gasteiger partial charge is 0.393 e. The molecule has 0 aliphatic carbocycles. The van der Waals surface area contributed by atoms with Gasteiger partial charge in [-0.1, -0.05) is 34.6 Å². The van der Waals surface area contributed by atoms with E-state index in [2.05, 4.69) is 39.3 Å². The zero-order valence-electron chi connectivity index (χ0n) is 12.4. The van der Waals surface area contributed by atoms with Gasteiger partial charge in [0.2, 0.25) is 0 Å². The van der Waals surface area contributed by atoms with Crippen molar-refractivity contribution in [1.82, 2.24) is 9.36 Å². The van der Waals surface area contributed by atoms with E-state index in [1.807, 2.05) is 4.68 Å². The predicted octanol–water partition coefficient (Wildman–Crippen LogP) is 3.13. The summed E-state index contributed by atoms with van der Waals surface area (Å²) in [4.78, 5) is 12.4. The summed E-state index contributed by atoms with van der Waals surface area (Å²) in [5.41, 5.74) is 7.45. The topological polar surface area (TPSA) is 52.9 Å². The molecule has 0 bridgehead atoms. The van der Waals surface area contributed by atoms with Crippen molar-refractivity contribution >= 4 is 5.69 Å². The third-order valence-corrected chi connectivity index (χ3v) is 3.52. The fourth-order valence-electron chi connectivity index (χ4n) is 2.64. The molecule has 18 heavy (non-hydrogen) atoms. The summed E-state index contributed by atoms with van der Waals surface area (Å²) in [5, 5.41) is 0. The molecule has 104 valence electrons. The lowest BCUT2D eigenvalue weighted by Gasteiger charge is -2.21. The van der Waals surface area contributed by atoms with Gasteiger partial charge >= 0.3 is 0 Å². The fraction of sp³-hybridized carbons (Fsp3) is 0.786. The Hall–Kier alpha value is -1.19. The van der Waals surface area contributed by atoms with Crippen molar-refractivity contribution in [3.05, 3.63) is 16.0 Å². The summed E-state index contributed by atoms with van der Waals surface area (Å²) >= 11 is 0. The highest BCUT2D eigenvalue weighted by Gasteiger charge is 2.22. The molecule has 1 heterocycles. The third kappa shape index (κ3) is 2.47. The van der Waals surface area contributed by atoms with Crippen LogP contribution in [0.5, 0.6) is 0 Å². The van der Waals surface area contributed by atoms with Crippen LogP contribution in [0.1, 0.15) is 71.5 Å². The first-order valence-corrected chi connectivity index (χ1v) is 7.10. The highest BCUT2D eigenvalue weighted by molar-refractivity contribution is 5.43. The summed E-state index contributed by atoms with van der Waals surface area (Å²) in [6.07, 6.45) is 2.93. The molecular formula is C14H27N3O. The van der Waals surface area contributed by atoms with Crippen LogP contribution >= 0.6 is 0 Å². The summed E-state index contributed by atoms with van der Waals surface area (Å²) < 4.78 is 3.99. The zero-order valence-corrected chi connectivity index (χ0v) is 12.4. The maximum absolute atomic E-state index is 12.4. The maximum atomic E-state index is 12.4. The van der Waals surface area contributed by atoms with Crippen molar-refractivity contribution in [3.63, 3.8) is 0 Å². The van der Waals surface area contributed by atoms with Gasteiger partial charge in [0, 0.05) is 6.54 Å². The van der Waals surface area contributed by atoms with E-state index in [1.165, 1.54) is 0 Å². The molecule has 0 saturated heterocycles. The SMILES string of the molecule is CCCn1c(C(C)C)c(N)c(=O)n1C(CC)CC. The fourth-order valence-corrected chi connectivity index (χ4v) is 2.64. The van der Waals surface area contributed by atoms with Crippen molar-refractivity contribution in [2.45, 2.75) is 72.4 Å².